The zero-order valence-corrected chi connectivity index (χ0v) is 12.0. The zero-order chi connectivity index (χ0) is 13.0. The minimum atomic E-state index is -0.200. The Morgan fingerprint density at radius 1 is 0.812 bits per heavy atom. The van der Waals surface area contributed by atoms with E-state index in [1.165, 1.54) is 0 Å². The van der Waals surface area contributed by atoms with E-state index in [4.69, 9.17) is 15.2 Å². The highest BCUT2D eigenvalue weighted by atomic mass is 16.5. The molecule has 0 fully saturated rings. The lowest BCUT2D eigenvalue weighted by atomic mass is 9.90. The first-order valence-electron chi connectivity index (χ1n) is 5.98. The number of rotatable bonds is 6. The molecule has 0 saturated carbocycles. The van der Waals surface area contributed by atoms with Gasteiger partial charge in [-0.3, -0.25) is 0 Å². The molecular formula is C13H29NO2. The van der Waals surface area contributed by atoms with Gasteiger partial charge in [0.05, 0.1) is 24.4 Å². The fourth-order valence-corrected chi connectivity index (χ4v) is 1.81. The van der Waals surface area contributed by atoms with E-state index < -0.39 is 0 Å². The van der Waals surface area contributed by atoms with Crippen molar-refractivity contribution in [3.05, 3.63) is 0 Å². The molecule has 0 atom stereocenters. The molecule has 0 aromatic heterocycles. The van der Waals surface area contributed by atoms with Crippen molar-refractivity contribution in [1.29, 1.82) is 0 Å². The maximum Gasteiger partial charge on any atom is 0.0708 e. The van der Waals surface area contributed by atoms with Crippen LogP contribution >= 0.6 is 0 Å². The average Bonchev–Trinajstić information content (AvgIpc) is 1.91. The molecule has 0 aliphatic heterocycles. The molecule has 2 N–H and O–H groups in total. The minimum Gasteiger partial charge on any atom is -0.373 e. The summed E-state index contributed by atoms with van der Waals surface area (Å²) in [5.74, 6) is 0. The second-order valence-electron chi connectivity index (χ2n) is 6.73. The fraction of sp³-hybridized carbons (Fsp3) is 1.00. The van der Waals surface area contributed by atoms with Crippen molar-refractivity contribution in [2.24, 2.45) is 5.73 Å². The molecule has 0 amide bonds. The summed E-state index contributed by atoms with van der Waals surface area (Å²) >= 11 is 0. The Morgan fingerprint density at radius 2 is 1.25 bits per heavy atom. The molecule has 0 rings (SSSR count). The van der Waals surface area contributed by atoms with Gasteiger partial charge < -0.3 is 15.2 Å². The third kappa shape index (κ3) is 10.4. The summed E-state index contributed by atoms with van der Waals surface area (Å²) in [5.41, 5.74) is 5.49. The summed E-state index contributed by atoms with van der Waals surface area (Å²) in [4.78, 5) is 0. The molecule has 0 radical (unpaired) electrons. The normalized spacial score (nSPS) is 14.2. The second kappa shape index (κ2) is 5.48. The van der Waals surface area contributed by atoms with Gasteiger partial charge in [0.15, 0.2) is 0 Å². The van der Waals surface area contributed by atoms with Crippen LogP contribution < -0.4 is 5.73 Å². The number of hydrogen-bond acceptors (Lipinski definition) is 3. The summed E-state index contributed by atoms with van der Waals surface area (Å²) in [7, 11) is 0. The van der Waals surface area contributed by atoms with Crippen LogP contribution in [0.2, 0.25) is 0 Å². The van der Waals surface area contributed by atoms with Gasteiger partial charge in [-0.05, 0) is 54.9 Å². The van der Waals surface area contributed by atoms with Crippen LogP contribution in [0.4, 0.5) is 0 Å². The Kier molecular flexibility index (Phi) is 5.44. The SMILES string of the molecule is CC(C)(N)CC(C)(C)OCCOC(C)(C)C. The van der Waals surface area contributed by atoms with Crippen LogP contribution in [0, 0.1) is 0 Å². The lowest BCUT2D eigenvalue weighted by Gasteiger charge is -2.32. The molecule has 16 heavy (non-hydrogen) atoms. The van der Waals surface area contributed by atoms with Crippen molar-refractivity contribution in [1.82, 2.24) is 0 Å². The van der Waals surface area contributed by atoms with E-state index in [2.05, 4.69) is 13.8 Å². The van der Waals surface area contributed by atoms with Gasteiger partial charge in [-0.25, -0.2) is 0 Å². The molecule has 0 aliphatic carbocycles. The van der Waals surface area contributed by atoms with Gasteiger partial charge in [0.2, 0.25) is 0 Å². The van der Waals surface area contributed by atoms with Crippen LogP contribution in [0.1, 0.15) is 54.9 Å². The predicted molar refractivity (Wildman–Crippen MR) is 68.6 cm³/mol. The molecule has 3 nitrogen and oxygen atoms in total. The Hall–Kier alpha value is -0.120. The van der Waals surface area contributed by atoms with Crippen LogP contribution in [0.3, 0.4) is 0 Å². The monoisotopic (exact) mass is 231 g/mol. The average molecular weight is 231 g/mol. The highest BCUT2D eigenvalue weighted by Crippen LogP contribution is 2.21. The van der Waals surface area contributed by atoms with Crippen LogP contribution in [0.15, 0.2) is 0 Å². The van der Waals surface area contributed by atoms with Crippen LogP contribution in [-0.2, 0) is 9.47 Å². The van der Waals surface area contributed by atoms with Gasteiger partial charge in [0.1, 0.15) is 0 Å². The van der Waals surface area contributed by atoms with Gasteiger partial charge in [0, 0.05) is 5.54 Å². The summed E-state index contributed by atoms with van der Waals surface area (Å²) in [6, 6.07) is 0. The van der Waals surface area contributed by atoms with Gasteiger partial charge in [-0.1, -0.05) is 0 Å². The third-order valence-corrected chi connectivity index (χ3v) is 1.99. The standard InChI is InChI=1S/C13H29NO2/c1-11(2,3)15-8-9-16-13(6,7)10-12(4,5)14/h8-10,14H2,1-7H3. The molecule has 0 heterocycles. The molecule has 0 spiro atoms. The van der Waals surface area contributed by atoms with Crippen molar-refractivity contribution in [3.63, 3.8) is 0 Å². The number of nitrogens with two attached hydrogens (primary N) is 1. The molecule has 3 heteroatoms. The van der Waals surface area contributed by atoms with Gasteiger partial charge in [-0.15, -0.1) is 0 Å². The Bertz CT molecular complexity index is 199. The highest BCUT2D eigenvalue weighted by molar-refractivity contribution is 4.82. The van der Waals surface area contributed by atoms with Crippen LogP contribution in [0.25, 0.3) is 0 Å². The van der Waals surface area contributed by atoms with E-state index in [-0.39, 0.29) is 16.7 Å². The van der Waals surface area contributed by atoms with Crippen molar-refractivity contribution in [3.8, 4) is 0 Å². The van der Waals surface area contributed by atoms with E-state index in [0.29, 0.717) is 13.2 Å². The van der Waals surface area contributed by atoms with E-state index in [1.54, 1.807) is 0 Å². The van der Waals surface area contributed by atoms with Crippen LogP contribution in [-0.4, -0.2) is 30.0 Å². The van der Waals surface area contributed by atoms with E-state index in [9.17, 15) is 0 Å². The topological polar surface area (TPSA) is 44.5 Å². The lowest BCUT2D eigenvalue weighted by Crippen LogP contribution is -2.42. The first-order chi connectivity index (χ1) is 6.91. The molecule has 0 saturated heterocycles. The van der Waals surface area contributed by atoms with Crippen molar-refractivity contribution < 1.29 is 9.47 Å². The van der Waals surface area contributed by atoms with Gasteiger partial charge in [-0.2, -0.15) is 0 Å². The quantitative estimate of drug-likeness (QED) is 0.715. The number of hydrogen-bond donors (Lipinski definition) is 1. The third-order valence-electron chi connectivity index (χ3n) is 1.99. The first kappa shape index (κ1) is 15.9. The smallest absolute Gasteiger partial charge is 0.0708 e. The summed E-state index contributed by atoms with van der Waals surface area (Å²) in [5, 5.41) is 0. The molecule has 0 aliphatic rings. The minimum absolute atomic E-state index is 0.0966. The van der Waals surface area contributed by atoms with E-state index >= 15 is 0 Å². The van der Waals surface area contributed by atoms with Gasteiger partial charge in [0.25, 0.3) is 0 Å². The summed E-state index contributed by atoms with van der Waals surface area (Å²) in [6.07, 6.45) is 0.829. The Labute approximate surface area is 101 Å². The van der Waals surface area contributed by atoms with Crippen molar-refractivity contribution >= 4 is 0 Å². The predicted octanol–water partition coefficient (Wildman–Crippen LogP) is 2.72. The zero-order valence-electron chi connectivity index (χ0n) is 12.0. The molecule has 0 aromatic rings. The Balaban J connectivity index is 3.83. The number of ether oxygens (including phenoxy) is 2. The Morgan fingerprint density at radius 3 is 1.62 bits per heavy atom. The van der Waals surface area contributed by atoms with E-state index in [0.717, 1.165) is 6.42 Å². The maximum atomic E-state index is 5.98. The van der Waals surface area contributed by atoms with Gasteiger partial charge >= 0.3 is 0 Å². The molecule has 0 aromatic carbocycles. The second-order valence-corrected chi connectivity index (χ2v) is 6.73. The summed E-state index contributed by atoms with van der Waals surface area (Å²) < 4.78 is 11.4. The molecule has 98 valence electrons. The largest absolute Gasteiger partial charge is 0.373 e. The first-order valence-corrected chi connectivity index (χ1v) is 5.98. The molecule has 0 bridgehead atoms. The fourth-order valence-electron chi connectivity index (χ4n) is 1.81. The lowest BCUT2D eigenvalue weighted by molar-refractivity contribution is -0.0858. The summed E-state index contributed by atoms with van der Waals surface area (Å²) in [6.45, 7) is 15.5. The molecule has 0 unspecified atom stereocenters. The maximum absolute atomic E-state index is 5.98. The van der Waals surface area contributed by atoms with Crippen LogP contribution in [0.5, 0.6) is 0 Å². The van der Waals surface area contributed by atoms with Crippen molar-refractivity contribution in [2.75, 3.05) is 13.2 Å². The molecular weight excluding hydrogens is 202 g/mol. The highest BCUT2D eigenvalue weighted by Gasteiger charge is 2.26. The van der Waals surface area contributed by atoms with E-state index in [1.807, 2.05) is 34.6 Å². The van der Waals surface area contributed by atoms with Crippen molar-refractivity contribution in [2.45, 2.75) is 71.6 Å².